The quantitative estimate of drug-likeness (QED) is 0.391. The fourth-order valence-electron chi connectivity index (χ4n) is 4.14. The average molecular weight is 510 g/mol. The van der Waals surface area contributed by atoms with Crippen molar-refractivity contribution < 1.29 is 23.6 Å². The molecule has 0 fully saturated rings. The molecule has 1 unspecified atom stereocenters. The average Bonchev–Trinajstić information content (AvgIpc) is 2.76. The summed E-state index contributed by atoms with van der Waals surface area (Å²) in [6.45, 7) is 13.5. The molecule has 3 N–H and O–H groups in total. The lowest BCUT2D eigenvalue weighted by atomic mass is 9.76. The molecule has 0 aliphatic rings. The monoisotopic (exact) mass is 509 g/mol. The summed E-state index contributed by atoms with van der Waals surface area (Å²) in [5.74, 6) is 0.493. The van der Waals surface area contributed by atoms with Gasteiger partial charge in [0.2, 0.25) is 11.8 Å². The van der Waals surface area contributed by atoms with Crippen molar-refractivity contribution in [2.24, 2.45) is 11.3 Å². The zero-order chi connectivity index (χ0) is 27.2. The number of carbonyl (C=O) groups excluding carboxylic acids is 2. The summed E-state index contributed by atoms with van der Waals surface area (Å²) in [7, 11) is 0.653. The van der Waals surface area contributed by atoms with Crippen LogP contribution in [0.1, 0.15) is 54.0 Å². The summed E-state index contributed by atoms with van der Waals surface area (Å²) >= 11 is 0. The number of benzene rings is 1. The summed E-state index contributed by atoms with van der Waals surface area (Å²) in [6.07, 6.45) is 1.52. The maximum Gasteiger partial charge on any atom is 0.351 e. The number of rotatable bonds is 11. The van der Waals surface area contributed by atoms with Gasteiger partial charge in [-0.2, -0.15) is 0 Å². The summed E-state index contributed by atoms with van der Waals surface area (Å²) < 4.78 is 16.6. The van der Waals surface area contributed by atoms with Crippen molar-refractivity contribution in [3.05, 3.63) is 47.8 Å². The van der Waals surface area contributed by atoms with Crippen molar-refractivity contribution >= 4 is 19.4 Å². The molecule has 0 heterocycles. The summed E-state index contributed by atoms with van der Waals surface area (Å²) in [4.78, 5) is 38.5. The van der Waals surface area contributed by atoms with Crippen molar-refractivity contribution in [1.82, 2.24) is 15.5 Å². The Morgan fingerprint density at radius 1 is 1.09 bits per heavy atom. The SMILES string of the molecule is CN[C@H](C(=O)N[C@H](C(=O)N(C)[C@H](C=CP(=O)(O)OC)C(C)C)C(C)(C)C)C(C)(C)c1ccccc1. The molecule has 35 heavy (non-hydrogen) atoms. The number of hydrogen-bond donors (Lipinski definition) is 3. The van der Waals surface area contributed by atoms with Crippen LogP contribution in [0.5, 0.6) is 0 Å². The molecule has 0 saturated heterocycles. The van der Waals surface area contributed by atoms with Crippen LogP contribution in [0.4, 0.5) is 0 Å². The molecule has 9 heteroatoms. The Hall–Kier alpha value is -1.99. The highest BCUT2D eigenvalue weighted by Crippen LogP contribution is 2.42. The fraction of sp³-hybridized carbons (Fsp3) is 0.615. The highest BCUT2D eigenvalue weighted by molar-refractivity contribution is 7.56. The van der Waals surface area contributed by atoms with E-state index < -0.39 is 36.6 Å². The number of hydrogen-bond acceptors (Lipinski definition) is 5. The predicted molar refractivity (Wildman–Crippen MR) is 141 cm³/mol. The Kier molecular flexibility index (Phi) is 10.9. The number of nitrogens with zero attached hydrogens (tertiary/aromatic N) is 1. The van der Waals surface area contributed by atoms with Gasteiger partial charge in [-0.3, -0.25) is 14.2 Å². The molecule has 0 bridgehead atoms. The van der Waals surface area contributed by atoms with E-state index in [2.05, 4.69) is 15.2 Å². The molecule has 1 rings (SSSR count). The topological polar surface area (TPSA) is 108 Å². The molecule has 4 atom stereocenters. The molecule has 198 valence electrons. The Morgan fingerprint density at radius 3 is 2.06 bits per heavy atom. The van der Waals surface area contributed by atoms with Gasteiger partial charge in [-0.1, -0.05) is 84.9 Å². The van der Waals surface area contributed by atoms with Crippen molar-refractivity contribution in [3.8, 4) is 0 Å². The standard InChI is InChI=1S/C26H44N3O5P/c1-18(2)20(16-17-35(32,33)34-10)29(9)24(31)22(25(3,4)5)28-23(30)21(27-8)26(6,7)19-14-12-11-13-15-19/h11-18,20-22,27H,1-10H3,(H,28,30)(H,32,33)/t20-,21-,22-/m1/s1. The molecular weight excluding hydrogens is 465 g/mol. The van der Waals surface area contributed by atoms with Crippen molar-refractivity contribution in [3.63, 3.8) is 0 Å². The Balaban J connectivity index is 3.27. The third-order valence-electron chi connectivity index (χ3n) is 6.40. The van der Waals surface area contributed by atoms with E-state index in [1.54, 1.807) is 14.1 Å². The molecular formula is C26H44N3O5P. The molecule has 0 aliphatic heterocycles. The first kappa shape index (κ1) is 31.0. The molecule has 1 aromatic rings. The van der Waals surface area contributed by atoms with Gasteiger partial charge in [0.15, 0.2) is 0 Å². The van der Waals surface area contributed by atoms with Gasteiger partial charge in [0.05, 0.1) is 12.1 Å². The Bertz CT molecular complexity index is 925. The van der Waals surface area contributed by atoms with Gasteiger partial charge >= 0.3 is 7.60 Å². The minimum Gasteiger partial charge on any atom is -0.342 e. The lowest BCUT2D eigenvalue weighted by Crippen LogP contribution is -2.61. The molecule has 2 amide bonds. The van der Waals surface area contributed by atoms with E-state index in [1.807, 2.05) is 78.8 Å². The molecule has 0 saturated carbocycles. The van der Waals surface area contributed by atoms with Crippen molar-refractivity contribution in [1.29, 1.82) is 0 Å². The summed E-state index contributed by atoms with van der Waals surface area (Å²) in [5.41, 5.74) is -0.120. The zero-order valence-electron chi connectivity index (χ0n) is 22.8. The van der Waals surface area contributed by atoms with Gasteiger partial charge < -0.3 is 25.0 Å². The van der Waals surface area contributed by atoms with Gasteiger partial charge in [0.25, 0.3) is 0 Å². The van der Waals surface area contributed by atoms with Crippen LogP contribution >= 0.6 is 7.60 Å². The normalized spacial score (nSPS) is 17.0. The minimum absolute atomic E-state index is 0.0459. The first-order chi connectivity index (χ1) is 16.0. The van der Waals surface area contributed by atoms with E-state index >= 15 is 0 Å². The van der Waals surface area contributed by atoms with E-state index in [0.29, 0.717) is 0 Å². The van der Waals surface area contributed by atoms with Gasteiger partial charge in [-0.15, -0.1) is 0 Å². The molecule has 1 aromatic carbocycles. The molecule has 0 spiro atoms. The van der Waals surface area contributed by atoms with Crippen LogP contribution in [0.25, 0.3) is 0 Å². The highest BCUT2D eigenvalue weighted by Gasteiger charge is 2.41. The van der Waals surface area contributed by atoms with Crippen LogP contribution in [0.2, 0.25) is 0 Å². The molecule has 0 aliphatic carbocycles. The first-order valence-electron chi connectivity index (χ1n) is 11.9. The number of amides is 2. The Morgan fingerprint density at radius 2 is 1.63 bits per heavy atom. The van der Waals surface area contributed by atoms with E-state index in [4.69, 9.17) is 0 Å². The molecule has 0 aromatic heterocycles. The van der Waals surface area contributed by atoms with Gasteiger partial charge in [0.1, 0.15) is 6.04 Å². The van der Waals surface area contributed by atoms with Crippen LogP contribution < -0.4 is 10.6 Å². The third-order valence-corrected chi connectivity index (χ3v) is 7.47. The minimum atomic E-state index is -3.88. The zero-order valence-corrected chi connectivity index (χ0v) is 23.7. The number of carbonyl (C=O) groups is 2. The van der Waals surface area contributed by atoms with Crippen molar-refractivity contribution in [2.75, 3.05) is 21.2 Å². The van der Waals surface area contributed by atoms with E-state index in [0.717, 1.165) is 18.5 Å². The maximum absolute atomic E-state index is 13.7. The van der Waals surface area contributed by atoms with Gasteiger partial charge in [-0.25, -0.2) is 0 Å². The van der Waals surface area contributed by atoms with Crippen molar-refractivity contribution in [2.45, 2.75) is 72.0 Å². The van der Waals surface area contributed by atoms with Crippen LogP contribution in [0.3, 0.4) is 0 Å². The first-order valence-corrected chi connectivity index (χ1v) is 13.5. The highest BCUT2D eigenvalue weighted by atomic mass is 31.2. The third kappa shape index (κ3) is 8.28. The Labute approximate surface area is 211 Å². The largest absolute Gasteiger partial charge is 0.351 e. The summed E-state index contributed by atoms with van der Waals surface area (Å²) in [5, 5.41) is 6.13. The van der Waals surface area contributed by atoms with Gasteiger partial charge in [0, 0.05) is 25.4 Å². The number of likely N-dealkylation sites (N-methyl/N-ethyl adjacent to an activating group) is 2. The van der Waals surface area contributed by atoms with E-state index in [9.17, 15) is 19.0 Å². The smallest absolute Gasteiger partial charge is 0.342 e. The summed E-state index contributed by atoms with van der Waals surface area (Å²) in [6, 6.07) is 7.89. The second kappa shape index (κ2) is 12.3. The second-order valence-electron chi connectivity index (χ2n) is 10.9. The fourth-order valence-corrected chi connectivity index (χ4v) is 4.65. The van der Waals surface area contributed by atoms with E-state index in [-0.39, 0.29) is 17.7 Å². The van der Waals surface area contributed by atoms with Crippen LogP contribution in [0, 0.1) is 11.3 Å². The van der Waals surface area contributed by atoms with Gasteiger partial charge in [-0.05, 0) is 23.9 Å². The molecule has 8 nitrogen and oxygen atoms in total. The van der Waals surface area contributed by atoms with E-state index in [1.165, 1.54) is 11.0 Å². The van der Waals surface area contributed by atoms with Crippen LogP contribution in [-0.2, 0) is 24.1 Å². The number of nitrogens with one attached hydrogen (secondary N) is 2. The van der Waals surface area contributed by atoms with Crippen LogP contribution in [0.15, 0.2) is 42.2 Å². The maximum atomic E-state index is 13.7. The lowest BCUT2D eigenvalue weighted by Gasteiger charge is -2.39. The second-order valence-corrected chi connectivity index (χ2v) is 12.7. The predicted octanol–water partition coefficient (Wildman–Crippen LogP) is 3.91. The lowest BCUT2D eigenvalue weighted by molar-refractivity contribution is -0.140. The van der Waals surface area contributed by atoms with Crippen LogP contribution in [-0.4, -0.2) is 60.9 Å². The molecule has 0 radical (unpaired) electrons.